The molecule has 0 saturated carbocycles. The Morgan fingerprint density at radius 2 is 1.86 bits per heavy atom. The number of thioether (sulfide) groups is 1. The van der Waals surface area contributed by atoms with Crippen LogP contribution in [0.5, 0.6) is 11.5 Å². The van der Waals surface area contributed by atoms with Crippen LogP contribution in [0.15, 0.2) is 41.3 Å². The summed E-state index contributed by atoms with van der Waals surface area (Å²) in [6.45, 7) is 7.14. The third-order valence-corrected chi connectivity index (χ3v) is 6.14. The summed E-state index contributed by atoms with van der Waals surface area (Å²) in [5.74, 6) is 1.36. The van der Waals surface area contributed by atoms with Crippen LogP contribution in [0.25, 0.3) is 6.08 Å². The Morgan fingerprint density at radius 3 is 2.52 bits per heavy atom. The molecule has 5 nitrogen and oxygen atoms in total. The number of nitrogens with one attached hydrogen (secondary N) is 2. The molecule has 1 fully saturated rings. The van der Waals surface area contributed by atoms with Crippen LogP contribution in [0, 0.1) is 3.57 Å². The lowest BCUT2D eigenvalue weighted by Gasteiger charge is -2.14. The second-order valence-electron chi connectivity index (χ2n) is 6.37. The average Bonchev–Trinajstić information content (AvgIpc) is 3.04. The molecule has 1 unspecified atom stereocenters. The summed E-state index contributed by atoms with van der Waals surface area (Å²) in [7, 11) is 0. The van der Waals surface area contributed by atoms with Gasteiger partial charge in [0, 0.05) is 5.69 Å². The van der Waals surface area contributed by atoms with Gasteiger partial charge in [-0.1, -0.05) is 30.8 Å². The summed E-state index contributed by atoms with van der Waals surface area (Å²) in [6, 6.07) is 12.2. The van der Waals surface area contributed by atoms with Crippen LogP contribution in [0.4, 0.5) is 5.69 Å². The number of carbonyl (C=O) groups excluding carboxylic acids is 1. The summed E-state index contributed by atoms with van der Waals surface area (Å²) in [4.78, 5) is 13.1. The number of amides is 1. The van der Waals surface area contributed by atoms with Crippen LogP contribution in [-0.2, 0) is 11.2 Å². The van der Waals surface area contributed by atoms with Crippen molar-refractivity contribution >= 4 is 52.0 Å². The minimum Gasteiger partial charge on any atom is -0.490 e. The molecule has 2 aromatic rings. The Balaban J connectivity index is 1.76. The van der Waals surface area contributed by atoms with E-state index < -0.39 is 0 Å². The molecule has 1 aliphatic heterocycles. The smallest absolute Gasteiger partial charge is 0.260 e. The van der Waals surface area contributed by atoms with Crippen LogP contribution in [0.2, 0.25) is 0 Å². The van der Waals surface area contributed by atoms with Crippen molar-refractivity contribution in [2.75, 3.05) is 18.5 Å². The van der Waals surface area contributed by atoms with E-state index in [0.717, 1.165) is 27.0 Å². The third kappa shape index (κ3) is 5.60. The van der Waals surface area contributed by atoms with Gasteiger partial charge in [0.05, 0.1) is 21.7 Å². The molecule has 7 heteroatoms. The lowest BCUT2D eigenvalue weighted by atomic mass is 10.1. The fourth-order valence-electron chi connectivity index (χ4n) is 2.92. The van der Waals surface area contributed by atoms with Crippen LogP contribution < -0.4 is 20.1 Å². The molecule has 3 rings (SSSR count). The van der Waals surface area contributed by atoms with Gasteiger partial charge in [-0.2, -0.15) is 0 Å². The molecule has 1 saturated heterocycles. The minimum atomic E-state index is -0.200. The van der Waals surface area contributed by atoms with Crippen molar-refractivity contribution in [1.82, 2.24) is 5.32 Å². The molecule has 1 amide bonds. The number of anilines is 1. The Kier molecular flexibility index (Phi) is 7.71. The number of rotatable bonds is 8. The van der Waals surface area contributed by atoms with E-state index >= 15 is 0 Å². The molecule has 1 heterocycles. The lowest BCUT2D eigenvalue weighted by Crippen LogP contribution is -2.30. The monoisotopic (exact) mass is 524 g/mol. The number of carbonyl (C=O) groups is 1. The Labute approximate surface area is 189 Å². The van der Waals surface area contributed by atoms with Gasteiger partial charge in [-0.15, -0.1) is 0 Å². The van der Waals surface area contributed by atoms with Gasteiger partial charge < -0.3 is 20.1 Å². The average molecular weight is 524 g/mol. The fourth-order valence-corrected chi connectivity index (χ4v) is 4.69. The number of aryl methyl sites for hydroxylation is 1. The van der Waals surface area contributed by atoms with Gasteiger partial charge in [0.2, 0.25) is 0 Å². The first-order valence-corrected chi connectivity index (χ1v) is 11.6. The van der Waals surface area contributed by atoms with Gasteiger partial charge in [-0.3, -0.25) is 4.79 Å². The van der Waals surface area contributed by atoms with Crippen LogP contribution in [-0.4, -0.2) is 24.6 Å². The topological polar surface area (TPSA) is 59.6 Å². The van der Waals surface area contributed by atoms with Crippen LogP contribution in [0.1, 0.15) is 31.9 Å². The normalized spacial score (nSPS) is 17.3. The number of benzene rings is 2. The standard InChI is InChI=1S/C22H25IN2O3S/c1-4-14-7-9-16(10-8-14)24-22-25-21(26)19(29-22)13-15-11-17(23)20(28-6-3)18(12-15)27-5-2/h7-13,22,24H,4-6H2,1-3H3,(H,25,26). The summed E-state index contributed by atoms with van der Waals surface area (Å²) >= 11 is 3.71. The van der Waals surface area contributed by atoms with Gasteiger partial charge in [0.25, 0.3) is 5.91 Å². The molecule has 0 aromatic heterocycles. The number of ether oxygens (including phenoxy) is 2. The van der Waals surface area contributed by atoms with E-state index in [4.69, 9.17) is 9.47 Å². The molecule has 29 heavy (non-hydrogen) atoms. The van der Waals surface area contributed by atoms with E-state index in [1.165, 1.54) is 17.3 Å². The van der Waals surface area contributed by atoms with E-state index in [1.807, 2.05) is 44.2 Å². The first kappa shape index (κ1) is 21.8. The molecular weight excluding hydrogens is 499 g/mol. The quantitative estimate of drug-likeness (QED) is 0.365. The predicted molar refractivity (Wildman–Crippen MR) is 128 cm³/mol. The highest BCUT2D eigenvalue weighted by molar-refractivity contribution is 14.1. The third-order valence-electron chi connectivity index (χ3n) is 4.31. The Hall–Kier alpha value is -1.87. The minimum absolute atomic E-state index is 0.0838. The fraction of sp³-hybridized carbons (Fsp3) is 0.318. The van der Waals surface area contributed by atoms with E-state index in [0.29, 0.717) is 23.9 Å². The first-order valence-electron chi connectivity index (χ1n) is 9.67. The highest BCUT2D eigenvalue weighted by Crippen LogP contribution is 2.36. The molecule has 0 radical (unpaired) electrons. The van der Waals surface area contributed by atoms with Crippen molar-refractivity contribution in [3.05, 3.63) is 56.0 Å². The molecule has 0 bridgehead atoms. The van der Waals surface area contributed by atoms with Crippen LogP contribution in [0.3, 0.4) is 0 Å². The Bertz CT molecular complexity index is 900. The molecule has 1 aliphatic rings. The van der Waals surface area contributed by atoms with Gasteiger partial charge >= 0.3 is 0 Å². The highest BCUT2D eigenvalue weighted by Gasteiger charge is 2.27. The zero-order chi connectivity index (χ0) is 20.8. The van der Waals surface area contributed by atoms with Crippen molar-refractivity contribution in [3.8, 4) is 11.5 Å². The number of hydrogen-bond acceptors (Lipinski definition) is 5. The van der Waals surface area contributed by atoms with Gasteiger partial charge in [0.1, 0.15) is 0 Å². The molecule has 154 valence electrons. The van der Waals surface area contributed by atoms with E-state index in [1.54, 1.807) is 0 Å². The second-order valence-corrected chi connectivity index (χ2v) is 8.68. The first-order chi connectivity index (χ1) is 14.0. The zero-order valence-corrected chi connectivity index (χ0v) is 19.7. The summed E-state index contributed by atoms with van der Waals surface area (Å²) in [6.07, 6.45) is 2.90. The van der Waals surface area contributed by atoms with Crippen LogP contribution >= 0.6 is 34.4 Å². The maximum atomic E-state index is 12.4. The van der Waals surface area contributed by atoms with Gasteiger partial charge in [-0.25, -0.2) is 0 Å². The zero-order valence-electron chi connectivity index (χ0n) is 16.8. The van der Waals surface area contributed by atoms with Crippen molar-refractivity contribution in [1.29, 1.82) is 0 Å². The maximum Gasteiger partial charge on any atom is 0.260 e. The maximum absolute atomic E-state index is 12.4. The molecule has 0 aliphatic carbocycles. The molecule has 2 N–H and O–H groups in total. The molecular formula is C22H25IN2O3S. The SMILES string of the molecule is CCOc1cc(C=C2SC(Nc3ccc(CC)cc3)NC2=O)cc(I)c1OCC. The predicted octanol–water partition coefficient (Wildman–Crippen LogP) is 5.25. The van der Waals surface area contributed by atoms with Gasteiger partial charge in [-0.05, 0) is 84.3 Å². The molecule has 2 aromatic carbocycles. The highest BCUT2D eigenvalue weighted by atomic mass is 127. The van der Waals surface area contributed by atoms with Crippen molar-refractivity contribution in [2.24, 2.45) is 0 Å². The Morgan fingerprint density at radius 1 is 1.14 bits per heavy atom. The molecule has 1 atom stereocenters. The number of halogens is 1. The number of hydrogen-bond donors (Lipinski definition) is 2. The summed E-state index contributed by atoms with van der Waals surface area (Å²) in [5, 5.41) is 6.33. The van der Waals surface area contributed by atoms with Crippen molar-refractivity contribution < 1.29 is 14.3 Å². The van der Waals surface area contributed by atoms with Gasteiger partial charge in [0.15, 0.2) is 17.0 Å². The lowest BCUT2D eigenvalue weighted by molar-refractivity contribution is -0.116. The largest absolute Gasteiger partial charge is 0.490 e. The second kappa shape index (κ2) is 10.2. The van der Waals surface area contributed by atoms with Crippen molar-refractivity contribution in [3.63, 3.8) is 0 Å². The van der Waals surface area contributed by atoms with E-state index in [2.05, 4.69) is 52.3 Å². The summed E-state index contributed by atoms with van der Waals surface area (Å²) < 4.78 is 12.4. The summed E-state index contributed by atoms with van der Waals surface area (Å²) in [5.41, 5.74) is 2.98. The van der Waals surface area contributed by atoms with E-state index in [9.17, 15) is 4.79 Å². The molecule has 0 spiro atoms. The van der Waals surface area contributed by atoms with Crippen molar-refractivity contribution in [2.45, 2.75) is 32.7 Å². The van der Waals surface area contributed by atoms with E-state index in [-0.39, 0.29) is 11.4 Å².